The van der Waals surface area contributed by atoms with Crippen molar-refractivity contribution in [2.45, 2.75) is 0 Å². The quantitative estimate of drug-likeness (QED) is 0.282. The summed E-state index contributed by atoms with van der Waals surface area (Å²) in [6.45, 7) is 0. The molecular formula is C24H19N3O5S. The molecule has 1 N–H and O–H groups in total. The lowest BCUT2D eigenvalue weighted by Gasteiger charge is -2.10. The number of hydrogen-bond acceptors (Lipinski definition) is 7. The Bertz CT molecular complexity index is 1300. The number of nitrogens with one attached hydrogen (secondary N) is 1. The molecule has 33 heavy (non-hydrogen) atoms. The number of benzene rings is 3. The Morgan fingerprint density at radius 2 is 1.70 bits per heavy atom. The number of aromatic nitrogens is 1. The third-order valence-corrected chi connectivity index (χ3v) is 5.94. The van der Waals surface area contributed by atoms with Crippen LogP contribution in [0, 0.1) is 10.1 Å². The van der Waals surface area contributed by atoms with Gasteiger partial charge in [-0.3, -0.25) is 14.9 Å². The molecule has 3 aromatic carbocycles. The molecule has 0 unspecified atom stereocenters. The van der Waals surface area contributed by atoms with Gasteiger partial charge in [0.2, 0.25) is 0 Å². The number of rotatable bonds is 7. The molecular weight excluding hydrogens is 442 g/mol. The number of para-hydroxylation sites is 2. The van der Waals surface area contributed by atoms with E-state index in [1.54, 1.807) is 37.4 Å². The molecule has 0 saturated carbocycles. The summed E-state index contributed by atoms with van der Waals surface area (Å²) in [4.78, 5) is 28.9. The zero-order chi connectivity index (χ0) is 23.4. The van der Waals surface area contributed by atoms with Crippen LogP contribution in [0.1, 0.15) is 9.67 Å². The third kappa shape index (κ3) is 4.53. The van der Waals surface area contributed by atoms with Gasteiger partial charge in [-0.05, 0) is 36.4 Å². The molecule has 0 aliphatic carbocycles. The monoisotopic (exact) mass is 461 g/mol. The van der Waals surface area contributed by atoms with Gasteiger partial charge in [0.1, 0.15) is 9.88 Å². The van der Waals surface area contributed by atoms with E-state index in [-0.39, 0.29) is 11.6 Å². The van der Waals surface area contributed by atoms with Crippen molar-refractivity contribution in [3.63, 3.8) is 0 Å². The van der Waals surface area contributed by atoms with Crippen LogP contribution in [0.5, 0.6) is 11.5 Å². The molecule has 0 bridgehead atoms. The van der Waals surface area contributed by atoms with Gasteiger partial charge in [0, 0.05) is 23.4 Å². The summed E-state index contributed by atoms with van der Waals surface area (Å²) in [5.74, 6) is 0.705. The molecule has 0 aliphatic rings. The summed E-state index contributed by atoms with van der Waals surface area (Å²) in [6, 6.07) is 20.4. The van der Waals surface area contributed by atoms with Gasteiger partial charge in [-0.15, -0.1) is 11.3 Å². The van der Waals surface area contributed by atoms with Crippen molar-refractivity contribution in [1.82, 2.24) is 4.98 Å². The number of methoxy groups -OCH3 is 2. The number of anilines is 1. The first-order chi connectivity index (χ1) is 16.0. The topological polar surface area (TPSA) is 104 Å². The first kappa shape index (κ1) is 22.0. The van der Waals surface area contributed by atoms with E-state index in [9.17, 15) is 14.9 Å². The fourth-order valence-corrected chi connectivity index (χ4v) is 4.30. The zero-order valence-electron chi connectivity index (χ0n) is 17.8. The van der Waals surface area contributed by atoms with E-state index in [0.29, 0.717) is 43.9 Å². The highest BCUT2D eigenvalue weighted by molar-refractivity contribution is 7.17. The van der Waals surface area contributed by atoms with Crippen molar-refractivity contribution in [2.24, 2.45) is 0 Å². The van der Waals surface area contributed by atoms with Gasteiger partial charge < -0.3 is 14.8 Å². The molecule has 0 aliphatic heterocycles. The van der Waals surface area contributed by atoms with Gasteiger partial charge in [0.25, 0.3) is 11.6 Å². The summed E-state index contributed by atoms with van der Waals surface area (Å²) >= 11 is 1.20. The molecule has 4 rings (SSSR count). The first-order valence-corrected chi connectivity index (χ1v) is 10.7. The number of hydrogen-bond donors (Lipinski definition) is 1. The molecule has 1 aromatic heterocycles. The van der Waals surface area contributed by atoms with Crippen LogP contribution in [0.3, 0.4) is 0 Å². The standard InChI is InChI=1S/C24H19N3O5S/c1-31-19-10-6-9-18(21(19)32-2)24-26-20(15-11-13-17(14-12-15)27(29)30)22(33-24)23(28)25-16-7-4-3-5-8-16/h3-14H,1-2H3,(H,25,28). The molecule has 0 atom stereocenters. The molecule has 1 amide bonds. The lowest BCUT2D eigenvalue weighted by molar-refractivity contribution is -0.384. The van der Waals surface area contributed by atoms with Crippen molar-refractivity contribution >= 4 is 28.6 Å². The van der Waals surface area contributed by atoms with E-state index in [0.717, 1.165) is 0 Å². The van der Waals surface area contributed by atoms with Gasteiger partial charge in [-0.2, -0.15) is 0 Å². The van der Waals surface area contributed by atoms with Crippen LogP contribution in [-0.2, 0) is 0 Å². The minimum absolute atomic E-state index is 0.0426. The average Bonchev–Trinajstić information content (AvgIpc) is 3.29. The largest absolute Gasteiger partial charge is 0.493 e. The van der Waals surface area contributed by atoms with Crippen LogP contribution in [0.25, 0.3) is 21.8 Å². The number of nitrogens with zero attached hydrogens (tertiary/aromatic N) is 2. The second-order valence-electron chi connectivity index (χ2n) is 6.86. The summed E-state index contributed by atoms with van der Waals surface area (Å²) < 4.78 is 10.9. The van der Waals surface area contributed by atoms with Gasteiger partial charge >= 0.3 is 0 Å². The number of non-ortho nitro benzene ring substituents is 1. The van der Waals surface area contributed by atoms with Gasteiger partial charge in [-0.25, -0.2) is 4.98 Å². The Hall–Kier alpha value is -4.24. The molecule has 8 nitrogen and oxygen atoms in total. The van der Waals surface area contributed by atoms with E-state index in [1.807, 2.05) is 30.3 Å². The van der Waals surface area contributed by atoms with Crippen molar-refractivity contribution in [1.29, 1.82) is 0 Å². The highest BCUT2D eigenvalue weighted by Crippen LogP contribution is 2.42. The Morgan fingerprint density at radius 3 is 2.33 bits per heavy atom. The average molecular weight is 461 g/mol. The molecule has 0 fully saturated rings. The Morgan fingerprint density at radius 1 is 0.970 bits per heavy atom. The van der Waals surface area contributed by atoms with Crippen LogP contribution in [0.15, 0.2) is 72.8 Å². The van der Waals surface area contributed by atoms with Crippen LogP contribution in [0.4, 0.5) is 11.4 Å². The van der Waals surface area contributed by atoms with E-state index >= 15 is 0 Å². The number of carbonyl (C=O) groups is 1. The zero-order valence-corrected chi connectivity index (χ0v) is 18.6. The second kappa shape index (κ2) is 9.49. The highest BCUT2D eigenvalue weighted by Gasteiger charge is 2.23. The van der Waals surface area contributed by atoms with E-state index in [4.69, 9.17) is 14.5 Å². The lowest BCUT2D eigenvalue weighted by atomic mass is 10.1. The molecule has 0 radical (unpaired) electrons. The third-order valence-electron chi connectivity index (χ3n) is 4.85. The Labute approximate surface area is 193 Å². The van der Waals surface area contributed by atoms with Crippen LogP contribution < -0.4 is 14.8 Å². The molecule has 0 spiro atoms. The minimum atomic E-state index is -0.472. The van der Waals surface area contributed by atoms with E-state index in [1.165, 1.54) is 30.6 Å². The fraction of sp³-hybridized carbons (Fsp3) is 0.0833. The van der Waals surface area contributed by atoms with Crippen molar-refractivity contribution in [2.75, 3.05) is 19.5 Å². The second-order valence-corrected chi connectivity index (χ2v) is 7.86. The molecule has 1 heterocycles. The van der Waals surface area contributed by atoms with Crippen molar-refractivity contribution in [3.8, 4) is 33.3 Å². The van der Waals surface area contributed by atoms with Gasteiger partial charge in [0.05, 0.1) is 30.4 Å². The van der Waals surface area contributed by atoms with Gasteiger partial charge in [-0.1, -0.05) is 24.3 Å². The van der Waals surface area contributed by atoms with Crippen LogP contribution >= 0.6 is 11.3 Å². The number of carbonyl (C=O) groups excluding carboxylic acids is 1. The van der Waals surface area contributed by atoms with Crippen LogP contribution in [-0.4, -0.2) is 30.0 Å². The Kier molecular flexibility index (Phi) is 6.32. The minimum Gasteiger partial charge on any atom is -0.493 e. The summed E-state index contributed by atoms with van der Waals surface area (Å²) in [7, 11) is 3.08. The summed E-state index contributed by atoms with van der Waals surface area (Å²) in [5.41, 5.74) is 2.28. The number of amides is 1. The summed E-state index contributed by atoms with van der Waals surface area (Å²) in [6.07, 6.45) is 0. The number of nitro groups is 1. The normalized spacial score (nSPS) is 10.5. The maximum Gasteiger partial charge on any atom is 0.269 e. The van der Waals surface area contributed by atoms with Crippen molar-refractivity contribution < 1.29 is 19.2 Å². The molecule has 9 heteroatoms. The number of thiazole rings is 1. The molecule has 4 aromatic rings. The smallest absolute Gasteiger partial charge is 0.269 e. The van der Waals surface area contributed by atoms with E-state index < -0.39 is 4.92 Å². The van der Waals surface area contributed by atoms with Crippen molar-refractivity contribution in [3.05, 3.63) is 87.8 Å². The summed E-state index contributed by atoms with van der Waals surface area (Å²) in [5, 5.41) is 14.5. The number of ether oxygens (including phenoxy) is 2. The SMILES string of the molecule is COc1cccc(-c2nc(-c3ccc([N+](=O)[O-])cc3)c(C(=O)Nc3ccccc3)s2)c1OC. The van der Waals surface area contributed by atoms with Gasteiger partial charge in [0.15, 0.2) is 11.5 Å². The number of nitro benzene ring substituents is 1. The Balaban J connectivity index is 1.83. The van der Waals surface area contributed by atoms with Crippen LogP contribution in [0.2, 0.25) is 0 Å². The lowest BCUT2D eigenvalue weighted by Crippen LogP contribution is -2.11. The predicted octanol–water partition coefficient (Wildman–Crippen LogP) is 5.65. The molecule has 166 valence electrons. The fourth-order valence-electron chi connectivity index (χ4n) is 3.29. The molecule has 0 saturated heterocycles. The van der Waals surface area contributed by atoms with E-state index in [2.05, 4.69) is 5.32 Å². The maximum absolute atomic E-state index is 13.2. The maximum atomic E-state index is 13.2. The predicted molar refractivity (Wildman–Crippen MR) is 127 cm³/mol. The first-order valence-electron chi connectivity index (χ1n) is 9.85. The highest BCUT2D eigenvalue weighted by atomic mass is 32.1.